The third kappa shape index (κ3) is 4.08. The molecule has 0 saturated carbocycles. The Labute approximate surface area is 119 Å². The van der Waals surface area contributed by atoms with Crippen LogP contribution < -0.4 is 0 Å². The average molecular weight is 275 g/mol. The van der Waals surface area contributed by atoms with Crippen LogP contribution in [0.4, 0.5) is 0 Å². The van der Waals surface area contributed by atoms with Crippen molar-refractivity contribution in [2.45, 2.75) is 38.0 Å². The molecule has 20 heavy (non-hydrogen) atoms. The van der Waals surface area contributed by atoms with Gasteiger partial charge in [-0.3, -0.25) is 9.59 Å². The van der Waals surface area contributed by atoms with Crippen LogP contribution >= 0.6 is 0 Å². The van der Waals surface area contributed by atoms with Crippen LogP contribution in [0.5, 0.6) is 0 Å². The van der Waals surface area contributed by atoms with E-state index < -0.39 is 5.97 Å². The summed E-state index contributed by atoms with van der Waals surface area (Å²) in [5, 5.41) is 8.57. The molecule has 0 atom stereocenters. The average Bonchev–Trinajstić information content (AvgIpc) is 2.48. The molecule has 1 heterocycles. The molecule has 0 radical (unpaired) electrons. The highest BCUT2D eigenvalue weighted by molar-refractivity contribution is 5.77. The number of carbonyl (C=O) groups is 2. The van der Waals surface area contributed by atoms with Crippen LogP contribution in [0.15, 0.2) is 30.3 Å². The fourth-order valence-corrected chi connectivity index (χ4v) is 2.74. The second-order valence-corrected chi connectivity index (χ2v) is 5.31. The van der Waals surface area contributed by atoms with Gasteiger partial charge in [0.25, 0.3) is 0 Å². The minimum Gasteiger partial charge on any atom is -0.481 e. The van der Waals surface area contributed by atoms with Crippen LogP contribution in [0, 0.1) is 0 Å². The zero-order valence-corrected chi connectivity index (χ0v) is 11.6. The van der Waals surface area contributed by atoms with E-state index in [-0.39, 0.29) is 12.3 Å². The van der Waals surface area contributed by atoms with Gasteiger partial charge in [-0.2, -0.15) is 0 Å². The molecule has 1 fully saturated rings. The number of likely N-dealkylation sites (tertiary alicyclic amines) is 1. The quantitative estimate of drug-likeness (QED) is 0.898. The molecule has 0 aliphatic carbocycles. The van der Waals surface area contributed by atoms with E-state index in [4.69, 9.17) is 5.11 Å². The number of nitrogens with zero attached hydrogens (tertiary/aromatic N) is 1. The number of aliphatic carboxylic acids is 1. The van der Waals surface area contributed by atoms with Crippen molar-refractivity contribution >= 4 is 11.9 Å². The van der Waals surface area contributed by atoms with E-state index in [1.807, 2.05) is 11.0 Å². The van der Waals surface area contributed by atoms with Gasteiger partial charge in [0.2, 0.25) is 5.91 Å². The Bertz CT molecular complexity index is 450. The van der Waals surface area contributed by atoms with Crippen LogP contribution in [-0.2, 0) is 9.59 Å². The molecule has 0 aromatic heterocycles. The van der Waals surface area contributed by atoms with Gasteiger partial charge in [0.05, 0.1) is 0 Å². The number of rotatable bonds is 5. The minimum absolute atomic E-state index is 0.0756. The second-order valence-electron chi connectivity index (χ2n) is 5.31. The number of benzene rings is 1. The highest BCUT2D eigenvalue weighted by atomic mass is 16.4. The number of carbonyl (C=O) groups excluding carboxylic acids is 1. The van der Waals surface area contributed by atoms with Crippen molar-refractivity contribution < 1.29 is 14.7 Å². The fourth-order valence-electron chi connectivity index (χ4n) is 2.74. The van der Waals surface area contributed by atoms with E-state index in [1.165, 1.54) is 5.56 Å². The highest BCUT2D eigenvalue weighted by Crippen LogP contribution is 2.28. The summed E-state index contributed by atoms with van der Waals surface area (Å²) in [6, 6.07) is 10.4. The molecule has 1 amide bonds. The molecule has 1 aromatic rings. The van der Waals surface area contributed by atoms with Crippen LogP contribution in [-0.4, -0.2) is 35.0 Å². The normalized spacial score (nSPS) is 16.1. The molecule has 108 valence electrons. The van der Waals surface area contributed by atoms with E-state index in [0.717, 1.165) is 25.9 Å². The lowest BCUT2D eigenvalue weighted by Gasteiger charge is -2.32. The van der Waals surface area contributed by atoms with Gasteiger partial charge in [-0.05, 0) is 30.7 Å². The van der Waals surface area contributed by atoms with Gasteiger partial charge in [-0.1, -0.05) is 30.3 Å². The van der Waals surface area contributed by atoms with E-state index in [2.05, 4.69) is 24.3 Å². The summed E-state index contributed by atoms with van der Waals surface area (Å²) in [6.07, 6.45) is 2.85. The zero-order chi connectivity index (χ0) is 14.4. The summed E-state index contributed by atoms with van der Waals surface area (Å²) < 4.78 is 0. The maximum Gasteiger partial charge on any atom is 0.303 e. The van der Waals surface area contributed by atoms with E-state index in [9.17, 15) is 9.59 Å². The molecule has 4 nitrogen and oxygen atoms in total. The maximum absolute atomic E-state index is 12.0. The summed E-state index contributed by atoms with van der Waals surface area (Å²) in [5.74, 6) is -0.197. The van der Waals surface area contributed by atoms with Crippen LogP contribution in [0.2, 0.25) is 0 Å². The standard InChI is InChI=1S/C16H21NO3/c18-15(7-4-8-16(19)20)17-11-9-14(10-12-17)13-5-2-1-3-6-13/h1-3,5-6,14H,4,7-12H2,(H,19,20). The molecule has 0 unspecified atom stereocenters. The highest BCUT2D eigenvalue weighted by Gasteiger charge is 2.23. The van der Waals surface area contributed by atoms with Crippen molar-refractivity contribution in [1.82, 2.24) is 4.90 Å². The largest absolute Gasteiger partial charge is 0.481 e. The summed E-state index contributed by atoms with van der Waals surface area (Å²) in [4.78, 5) is 24.3. The van der Waals surface area contributed by atoms with Gasteiger partial charge in [0.1, 0.15) is 0 Å². The minimum atomic E-state index is -0.833. The first kappa shape index (κ1) is 14.6. The molecule has 2 rings (SSSR count). The number of carboxylic acids is 1. The summed E-state index contributed by atoms with van der Waals surface area (Å²) in [6.45, 7) is 1.57. The first-order valence-corrected chi connectivity index (χ1v) is 7.21. The van der Waals surface area contributed by atoms with Crippen LogP contribution in [0.25, 0.3) is 0 Å². The lowest BCUT2D eigenvalue weighted by molar-refractivity contribution is -0.137. The molecule has 1 aliphatic heterocycles. The summed E-state index contributed by atoms with van der Waals surface area (Å²) in [5.41, 5.74) is 1.35. The van der Waals surface area contributed by atoms with Gasteiger partial charge >= 0.3 is 5.97 Å². The van der Waals surface area contributed by atoms with E-state index >= 15 is 0 Å². The SMILES string of the molecule is O=C(O)CCCC(=O)N1CCC(c2ccccc2)CC1. The monoisotopic (exact) mass is 275 g/mol. The van der Waals surface area contributed by atoms with Crippen molar-refractivity contribution in [2.24, 2.45) is 0 Å². The number of amides is 1. The molecule has 1 N–H and O–H groups in total. The van der Waals surface area contributed by atoms with Gasteiger partial charge in [-0.25, -0.2) is 0 Å². The van der Waals surface area contributed by atoms with E-state index in [0.29, 0.717) is 18.8 Å². The molecule has 1 aliphatic rings. The Kier molecular flexibility index (Phi) is 5.16. The molecule has 1 aromatic carbocycles. The number of piperidine rings is 1. The smallest absolute Gasteiger partial charge is 0.303 e. The van der Waals surface area contributed by atoms with Crippen LogP contribution in [0.3, 0.4) is 0 Å². The Morgan fingerprint density at radius 2 is 1.75 bits per heavy atom. The third-order valence-electron chi connectivity index (χ3n) is 3.90. The molecule has 1 saturated heterocycles. The lowest BCUT2D eigenvalue weighted by Crippen LogP contribution is -2.37. The third-order valence-corrected chi connectivity index (χ3v) is 3.90. The van der Waals surface area contributed by atoms with E-state index in [1.54, 1.807) is 0 Å². The predicted octanol–water partition coefficient (Wildman–Crippen LogP) is 2.65. The molecule has 0 spiro atoms. The molecule has 4 heteroatoms. The molecular weight excluding hydrogens is 254 g/mol. The van der Waals surface area contributed by atoms with Gasteiger partial charge in [0, 0.05) is 25.9 Å². The Morgan fingerprint density at radius 1 is 1.10 bits per heavy atom. The van der Waals surface area contributed by atoms with Crippen LogP contribution in [0.1, 0.15) is 43.6 Å². The van der Waals surface area contributed by atoms with Gasteiger partial charge in [0.15, 0.2) is 0 Å². The van der Waals surface area contributed by atoms with Crippen molar-refractivity contribution in [3.05, 3.63) is 35.9 Å². The lowest BCUT2D eigenvalue weighted by atomic mass is 9.89. The van der Waals surface area contributed by atoms with Gasteiger partial charge < -0.3 is 10.0 Å². The Balaban J connectivity index is 1.76. The number of carboxylic acid groups (broad SMARTS) is 1. The molecular formula is C16H21NO3. The fraction of sp³-hybridized carbons (Fsp3) is 0.500. The Hall–Kier alpha value is -1.84. The van der Waals surface area contributed by atoms with Crippen molar-refractivity contribution in [1.29, 1.82) is 0 Å². The van der Waals surface area contributed by atoms with Gasteiger partial charge in [-0.15, -0.1) is 0 Å². The topological polar surface area (TPSA) is 57.6 Å². The van der Waals surface area contributed by atoms with Crippen molar-refractivity contribution in [3.8, 4) is 0 Å². The summed E-state index contributed by atoms with van der Waals surface area (Å²) >= 11 is 0. The first-order valence-electron chi connectivity index (χ1n) is 7.21. The number of hydrogen-bond acceptors (Lipinski definition) is 2. The first-order chi connectivity index (χ1) is 9.66. The summed E-state index contributed by atoms with van der Waals surface area (Å²) in [7, 11) is 0. The second kappa shape index (κ2) is 7.08. The van der Waals surface area contributed by atoms with Crippen molar-refractivity contribution in [3.63, 3.8) is 0 Å². The maximum atomic E-state index is 12.0. The predicted molar refractivity (Wildman–Crippen MR) is 76.5 cm³/mol. The Morgan fingerprint density at radius 3 is 2.35 bits per heavy atom. The van der Waals surface area contributed by atoms with Crippen molar-refractivity contribution in [2.75, 3.05) is 13.1 Å². The zero-order valence-electron chi connectivity index (χ0n) is 11.6. The molecule has 0 bridgehead atoms. The number of hydrogen-bond donors (Lipinski definition) is 1.